The third-order valence-corrected chi connectivity index (χ3v) is 6.10. The second kappa shape index (κ2) is 8.39. The van der Waals surface area contributed by atoms with Crippen LogP contribution in [0.25, 0.3) is 22.8 Å². The molecular formula is C24H20N2O5S. The van der Waals surface area contributed by atoms with Gasteiger partial charge in [0.2, 0.25) is 11.8 Å². The number of nitrogens with zero attached hydrogens (tertiary/aromatic N) is 1. The molecule has 2 aliphatic rings. The fraction of sp³-hybridized carbons (Fsp3) is 0.167. The number of aromatic hydroxyl groups is 1. The van der Waals surface area contributed by atoms with Crippen molar-refractivity contribution < 1.29 is 18.7 Å². The van der Waals surface area contributed by atoms with Crippen LogP contribution in [0.15, 0.2) is 68.4 Å². The van der Waals surface area contributed by atoms with E-state index in [1.165, 1.54) is 0 Å². The van der Waals surface area contributed by atoms with E-state index in [2.05, 4.69) is 9.97 Å². The number of aryl methyl sites for hydroxylation is 1. The van der Waals surface area contributed by atoms with Crippen molar-refractivity contribution in [3.8, 4) is 34.4 Å². The fourth-order valence-electron chi connectivity index (χ4n) is 3.67. The van der Waals surface area contributed by atoms with E-state index in [1.807, 2.05) is 49.4 Å². The van der Waals surface area contributed by atoms with Crippen LogP contribution in [-0.2, 0) is 12.8 Å². The quantitative estimate of drug-likeness (QED) is 0.363. The molecule has 2 N–H and O–H groups in total. The van der Waals surface area contributed by atoms with Crippen LogP contribution in [0.2, 0.25) is 0 Å². The van der Waals surface area contributed by atoms with Gasteiger partial charge < -0.3 is 18.7 Å². The number of oxazole rings is 1. The Morgan fingerprint density at radius 3 is 2.78 bits per heavy atom. The smallest absolute Gasteiger partial charge is 0.307 e. The van der Waals surface area contributed by atoms with Gasteiger partial charge in [-0.05, 0) is 30.7 Å². The van der Waals surface area contributed by atoms with Crippen LogP contribution < -0.4 is 9.61 Å². The molecule has 0 amide bonds. The zero-order chi connectivity index (χ0) is 22.1. The van der Waals surface area contributed by atoms with Crippen LogP contribution in [0, 0.1) is 6.92 Å². The van der Waals surface area contributed by atoms with E-state index >= 15 is 0 Å². The minimum atomic E-state index is -0.285. The molecule has 3 aromatic rings. The molecule has 0 unspecified atom stereocenters. The molecule has 32 heavy (non-hydrogen) atoms. The first-order chi connectivity index (χ1) is 15.6. The van der Waals surface area contributed by atoms with Gasteiger partial charge in [-0.3, -0.25) is 9.78 Å². The first-order valence-electron chi connectivity index (χ1n) is 10.1. The lowest BCUT2D eigenvalue weighted by Gasteiger charge is -2.11. The highest BCUT2D eigenvalue weighted by Crippen LogP contribution is 2.38. The van der Waals surface area contributed by atoms with Crippen molar-refractivity contribution in [2.24, 2.45) is 0 Å². The topological polar surface area (TPSA) is 101 Å². The zero-order valence-electron chi connectivity index (χ0n) is 17.3. The van der Waals surface area contributed by atoms with Gasteiger partial charge >= 0.3 is 4.87 Å². The number of fused-ring (bicyclic) bond motifs is 1. The number of benzene rings is 1. The molecule has 1 aromatic carbocycles. The molecular weight excluding hydrogens is 428 g/mol. The first kappa shape index (κ1) is 20.1. The summed E-state index contributed by atoms with van der Waals surface area (Å²) in [4.78, 5) is 18.8. The molecule has 3 heterocycles. The molecule has 8 heteroatoms. The predicted octanol–water partition coefficient (Wildman–Crippen LogP) is 5.02. The van der Waals surface area contributed by atoms with Gasteiger partial charge in [0, 0.05) is 24.5 Å². The van der Waals surface area contributed by atoms with E-state index in [9.17, 15) is 9.90 Å². The number of aromatic amines is 1. The minimum Gasteiger partial charge on any atom is -0.494 e. The van der Waals surface area contributed by atoms with Crippen LogP contribution in [0.3, 0.4) is 0 Å². The molecule has 1 aliphatic heterocycles. The summed E-state index contributed by atoms with van der Waals surface area (Å²) in [6.07, 6.45) is 2.58. The van der Waals surface area contributed by atoms with Crippen LogP contribution >= 0.6 is 11.3 Å². The molecule has 162 valence electrons. The number of thiazole rings is 1. The van der Waals surface area contributed by atoms with Crippen LogP contribution in [0.1, 0.15) is 21.9 Å². The highest BCUT2D eigenvalue weighted by atomic mass is 32.1. The molecule has 0 saturated carbocycles. The molecule has 2 aromatic heterocycles. The average Bonchev–Trinajstić information content (AvgIpc) is 3.47. The van der Waals surface area contributed by atoms with Gasteiger partial charge in [0.05, 0.1) is 29.0 Å². The second-order valence-electron chi connectivity index (χ2n) is 7.33. The molecule has 0 radical (unpaired) electrons. The van der Waals surface area contributed by atoms with Gasteiger partial charge in [-0.1, -0.05) is 35.6 Å². The summed E-state index contributed by atoms with van der Waals surface area (Å²) in [6, 6.07) is 15.3. The number of nitrogens with one attached hydrogen (secondary N) is 1. The Morgan fingerprint density at radius 1 is 1.16 bits per heavy atom. The van der Waals surface area contributed by atoms with Gasteiger partial charge in [0.25, 0.3) is 0 Å². The van der Waals surface area contributed by atoms with Crippen molar-refractivity contribution in [2.45, 2.75) is 19.8 Å². The van der Waals surface area contributed by atoms with E-state index in [-0.39, 0.29) is 10.8 Å². The van der Waals surface area contributed by atoms with Crippen LogP contribution in [-0.4, -0.2) is 21.7 Å². The van der Waals surface area contributed by atoms with E-state index in [4.69, 9.17) is 13.6 Å². The standard InChI is InChI=1S/C24H20N2O5S/c1-14-17(25-23(31-14)15-5-3-2-4-6-15)9-11-29-19-10-12-30-18-8-7-16(21(18)19)13-20-22(27)26-24(28)32-20/h2-8,10,12,27H,9,11,13H2,1H3,(H,26,28). The Labute approximate surface area is 187 Å². The Kier molecular flexibility index (Phi) is 5.28. The number of rotatable bonds is 7. The van der Waals surface area contributed by atoms with Gasteiger partial charge in [-0.15, -0.1) is 0 Å². The van der Waals surface area contributed by atoms with Crippen molar-refractivity contribution in [1.29, 1.82) is 0 Å². The van der Waals surface area contributed by atoms with E-state index < -0.39 is 0 Å². The summed E-state index contributed by atoms with van der Waals surface area (Å²) in [5.74, 6) is 2.64. The molecule has 0 atom stereocenters. The van der Waals surface area contributed by atoms with Crippen molar-refractivity contribution >= 4 is 11.3 Å². The summed E-state index contributed by atoms with van der Waals surface area (Å²) in [5.41, 5.74) is 3.53. The van der Waals surface area contributed by atoms with Crippen LogP contribution in [0.4, 0.5) is 0 Å². The molecule has 5 rings (SSSR count). The summed E-state index contributed by atoms with van der Waals surface area (Å²) < 4.78 is 17.5. The van der Waals surface area contributed by atoms with Crippen molar-refractivity contribution in [3.05, 3.63) is 86.4 Å². The number of hydrogen-bond acceptors (Lipinski definition) is 7. The molecule has 0 fully saturated rings. The highest BCUT2D eigenvalue weighted by Gasteiger charge is 2.20. The van der Waals surface area contributed by atoms with E-state index in [1.54, 1.807) is 12.3 Å². The summed E-state index contributed by atoms with van der Waals surface area (Å²) in [5, 5.41) is 9.93. The second-order valence-corrected chi connectivity index (χ2v) is 8.40. The molecule has 0 bridgehead atoms. The van der Waals surface area contributed by atoms with E-state index in [0.29, 0.717) is 41.7 Å². The summed E-state index contributed by atoms with van der Waals surface area (Å²) in [6.45, 7) is 2.31. The third kappa shape index (κ3) is 3.92. The Bertz CT molecular complexity index is 1380. The molecule has 1 aliphatic carbocycles. The normalized spacial score (nSPS) is 11.3. The maximum absolute atomic E-state index is 11.5. The fourth-order valence-corrected chi connectivity index (χ4v) is 4.41. The van der Waals surface area contributed by atoms with Crippen molar-refractivity contribution in [2.75, 3.05) is 6.61 Å². The number of aromatic nitrogens is 2. The van der Waals surface area contributed by atoms with Gasteiger partial charge in [-0.2, -0.15) is 0 Å². The Morgan fingerprint density at radius 2 is 2.00 bits per heavy atom. The van der Waals surface area contributed by atoms with Gasteiger partial charge in [0.1, 0.15) is 17.3 Å². The lowest BCUT2D eigenvalue weighted by molar-refractivity contribution is 0.318. The minimum absolute atomic E-state index is 0.0968. The maximum Gasteiger partial charge on any atom is 0.307 e. The monoisotopic (exact) mass is 448 g/mol. The van der Waals surface area contributed by atoms with E-state index in [0.717, 1.165) is 39.5 Å². The Balaban J connectivity index is 1.33. The Hall–Kier alpha value is -3.78. The lowest BCUT2D eigenvalue weighted by atomic mass is 10.1. The molecule has 7 nitrogen and oxygen atoms in total. The average molecular weight is 449 g/mol. The number of hydrogen-bond donors (Lipinski definition) is 2. The van der Waals surface area contributed by atoms with Crippen molar-refractivity contribution in [1.82, 2.24) is 9.97 Å². The number of ether oxygens (including phenoxy) is 1. The van der Waals surface area contributed by atoms with Gasteiger partial charge in [-0.25, -0.2) is 4.98 Å². The predicted molar refractivity (Wildman–Crippen MR) is 121 cm³/mol. The summed E-state index contributed by atoms with van der Waals surface area (Å²) >= 11 is 0.993. The maximum atomic E-state index is 11.5. The highest BCUT2D eigenvalue weighted by molar-refractivity contribution is 7.09. The largest absolute Gasteiger partial charge is 0.494 e. The SMILES string of the molecule is Cc1oc(-c2ccccc2)nc1CCOc1ccoc2ccc(Cc3sc(=O)[nH]c3O)c1-2. The van der Waals surface area contributed by atoms with Crippen LogP contribution in [0.5, 0.6) is 11.6 Å². The third-order valence-electron chi connectivity index (χ3n) is 5.23. The first-order valence-corrected chi connectivity index (χ1v) is 10.9. The molecule has 0 spiro atoms. The summed E-state index contributed by atoms with van der Waals surface area (Å²) in [7, 11) is 0. The zero-order valence-corrected chi connectivity index (χ0v) is 18.1. The lowest BCUT2D eigenvalue weighted by Crippen LogP contribution is -2.04. The molecule has 0 saturated heterocycles. The van der Waals surface area contributed by atoms with Crippen molar-refractivity contribution in [3.63, 3.8) is 0 Å². The van der Waals surface area contributed by atoms with Gasteiger partial charge in [0.15, 0.2) is 0 Å². The number of H-pyrrole nitrogens is 1.